The van der Waals surface area contributed by atoms with Crippen LogP contribution in [0.3, 0.4) is 0 Å². The van der Waals surface area contributed by atoms with E-state index < -0.39 is 18.2 Å². The first-order valence-corrected chi connectivity index (χ1v) is 5.72. The zero-order valence-electron chi connectivity index (χ0n) is 9.54. The van der Waals surface area contributed by atoms with Crippen LogP contribution in [-0.4, -0.2) is 12.4 Å². The molecule has 0 fully saturated rings. The van der Waals surface area contributed by atoms with Crippen molar-refractivity contribution in [1.82, 2.24) is 0 Å². The van der Waals surface area contributed by atoms with Crippen molar-refractivity contribution in [3.63, 3.8) is 0 Å². The zero-order valence-corrected chi connectivity index (χ0v) is 11.1. The molecular weight excluding hydrogens is 303 g/mol. The van der Waals surface area contributed by atoms with Crippen molar-refractivity contribution in [2.45, 2.75) is 6.92 Å². The first kappa shape index (κ1) is 14.2. The molecule has 94 valence electrons. The molecule has 1 rings (SSSR count). The van der Waals surface area contributed by atoms with Gasteiger partial charge >= 0.3 is 0 Å². The number of nitrogens with zero attached hydrogens (tertiary/aromatic N) is 1. The molecule has 4 nitrogen and oxygen atoms in total. The Hall–Kier alpha value is -1.87. The van der Waals surface area contributed by atoms with Gasteiger partial charge in [-0.15, -0.1) is 0 Å². The van der Waals surface area contributed by atoms with Crippen molar-refractivity contribution >= 4 is 21.7 Å². The number of hydrogen-bond acceptors (Lipinski definition) is 4. The zero-order chi connectivity index (χ0) is 13.7. The summed E-state index contributed by atoms with van der Waals surface area (Å²) in [7, 11) is 0. The number of nitriles is 1. The molecule has 1 aromatic carbocycles. The molecule has 0 saturated carbocycles. The van der Waals surface area contributed by atoms with Gasteiger partial charge in [-0.2, -0.15) is 5.26 Å². The molecule has 6 heteroatoms. The van der Waals surface area contributed by atoms with Crippen LogP contribution in [0.5, 0.6) is 5.75 Å². The van der Waals surface area contributed by atoms with E-state index in [1.54, 1.807) is 12.1 Å². The van der Waals surface area contributed by atoms with Crippen molar-refractivity contribution < 1.29 is 13.9 Å². The van der Waals surface area contributed by atoms with Crippen LogP contribution >= 0.6 is 15.9 Å². The van der Waals surface area contributed by atoms with Crippen LogP contribution in [0.2, 0.25) is 0 Å². The summed E-state index contributed by atoms with van der Waals surface area (Å²) in [6, 6.07) is 5.87. The SMILES string of the molecule is C/C(N)=C(/C#N)C(=O)COc1ccc(Br)cc1F. The maximum absolute atomic E-state index is 13.4. The van der Waals surface area contributed by atoms with Gasteiger partial charge in [-0.05, 0) is 25.1 Å². The van der Waals surface area contributed by atoms with E-state index in [9.17, 15) is 9.18 Å². The van der Waals surface area contributed by atoms with Gasteiger partial charge in [0.2, 0.25) is 5.78 Å². The maximum atomic E-state index is 13.4. The van der Waals surface area contributed by atoms with Crippen LogP contribution in [0.25, 0.3) is 0 Å². The second-order valence-electron chi connectivity index (χ2n) is 3.46. The lowest BCUT2D eigenvalue weighted by Gasteiger charge is -2.06. The Morgan fingerprint density at radius 3 is 2.78 bits per heavy atom. The predicted octanol–water partition coefficient (Wildman–Crippen LogP) is 2.29. The van der Waals surface area contributed by atoms with Gasteiger partial charge in [-0.25, -0.2) is 4.39 Å². The Morgan fingerprint density at radius 1 is 1.61 bits per heavy atom. The number of hydrogen-bond donors (Lipinski definition) is 1. The van der Waals surface area contributed by atoms with Crippen molar-refractivity contribution in [1.29, 1.82) is 5.26 Å². The fraction of sp³-hybridized carbons (Fsp3) is 0.167. The molecule has 0 spiro atoms. The van der Waals surface area contributed by atoms with E-state index in [2.05, 4.69) is 15.9 Å². The van der Waals surface area contributed by atoms with Gasteiger partial charge in [0.15, 0.2) is 18.2 Å². The summed E-state index contributed by atoms with van der Waals surface area (Å²) in [6.45, 7) is 1.01. The monoisotopic (exact) mass is 312 g/mol. The fourth-order valence-electron chi connectivity index (χ4n) is 1.18. The Morgan fingerprint density at radius 2 is 2.28 bits per heavy atom. The van der Waals surface area contributed by atoms with Gasteiger partial charge in [-0.1, -0.05) is 15.9 Å². The van der Waals surface area contributed by atoms with E-state index >= 15 is 0 Å². The lowest BCUT2D eigenvalue weighted by molar-refractivity contribution is -0.117. The number of allylic oxidation sites excluding steroid dienone is 1. The lowest BCUT2D eigenvalue weighted by Crippen LogP contribution is -2.16. The number of carbonyl (C=O) groups is 1. The highest BCUT2D eigenvalue weighted by Gasteiger charge is 2.13. The molecule has 0 radical (unpaired) electrons. The second-order valence-corrected chi connectivity index (χ2v) is 4.37. The topological polar surface area (TPSA) is 76.1 Å². The lowest BCUT2D eigenvalue weighted by atomic mass is 10.1. The van der Waals surface area contributed by atoms with E-state index in [1.807, 2.05) is 0 Å². The van der Waals surface area contributed by atoms with Gasteiger partial charge in [0, 0.05) is 10.2 Å². The van der Waals surface area contributed by atoms with Crippen LogP contribution in [-0.2, 0) is 4.79 Å². The molecule has 2 N–H and O–H groups in total. The third kappa shape index (κ3) is 3.57. The largest absolute Gasteiger partial charge is 0.482 e. The van der Waals surface area contributed by atoms with Crippen LogP contribution in [0.15, 0.2) is 33.9 Å². The quantitative estimate of drug-likeness (QED) is 0.683. The first-order chi connectivity index (χ1) is 8.45. The van der Waals surface area contributed by atoms with E-state index in [0.29, 0.717) is 4.47 Å². The van der Waals surface area contributed by atoms with Crippen LogP contribution in [0.1, 0.15) is 6.92 Å². The average molecular weight is 313 g/mol. The van der Waals surface area contributed by atoms with E-state index in [-0.39, 0.29) is 17.0 Å². The summed E-state index contributed by atoms with van der Waals surface area (Å²) in [5.74, 6) is -1.23. The number of benzene rings is 1. The summed E-state index contributed by atoms with van der Waals surface area (Å²) >= 11 is 3.10. The molecule has 0 unspecified atom stereocenters. The Kier molecular flexibility index (Phi) is 4.86. The molecule has 0 atom stereocenters. The summed E-state index contributed by atoms with van der Waals surface area (Å²) in [6.07, 6.45) is 0. The molecule has 1 aromatic rings. The minimum Gasteiger partial charge on any atom is -0.482 e. The summed E-state index contributed by atoms with van der Waals surface area (Å²) < 4.78 is 18.9. The standard InChI is InChI=1S/C12H10BrFN2O2/c1-7(16)9(5-15)11(17)6-18-12-3-2-8(13)4-10(12)14/h2-4H,6,16H2,1H3/b9-7+. The molecule has 0 aromatic heterocycles. The van der Waals surface area contributed by atoms with Crippen LogP contribution < -0.4 is 10.5 Å². The predicted molar refractivity (Wildman–Crippen MR) is 67.1 cm³/mol. The van der Waals surface area contributed by atoms with Gasteiger partial charge in [0.05, 0.1) is 0 Å². The number of rotatable bonds is 4. The molecular formula is C12H10BrFN2O2. The van der Waals surface area contributed by atoms with Crippen molar-refractivity contribution in [2.24, 2.45) is 5.73 Å². The smallest absolute Gasteiger partial charge is 0.212 e. The Bertz CT molecular complexity index is 545. The first-order valence-electron chi connectivity index (χ1n) is 4.93. The fourth-order valence-corrected chi connectivity index (χ4v) is 1.51. The number of Topliss-reactive ketones (excluding diaryl/α,β-unsaturated/α-hetero) is 1. The van der Waals surface area contributed by atoms with E-state index in [1.165, 1.54) is 19.1 Å². The normalized spacial score (nSPS) is 11.4. The van der Waals surface area contributed by atoms with Crippen LogP contribution in [0.4, 0.5) is 4.39 Å². The summed E-state index contributed by atoms with van der Waals surface area (Å²) in [4.78, 5) is 11.6. The van der Waals surface area contributed by atoms with E-state index in [4.69, 9.17) is 15.7 Å². The van der Waals surface area contributed by atoms with Gasteiger partial charge in [-0.3, -0.25) is 4.79 Å². The molecule has 0 aliphatic carbocycles. The molecule has 0 heterocycles. The molecule has 0 bridgehead atoms. The van der Waals surface area contributed by atoms with Gasteiger partial charge in [0.25, 0.3) is 0 Å². The third-order valence-electron chi connectivity index (χ3n) is 2.04. The Balaban J connectivity index is 2.75. The number of carbonyl (C=O) groups excluding carboxylic acids is 1. The minimum atomic E-state index is -0.593. The van der Waals surface area contributed by atoms with Crippen molar-refractivity contribution in [3.05, 3.63) is 39.8 Å². The molecule has 0 aliphatic rings. The van der Waals surface area contributed by atoms with E-state index in [0.717, 1.165) is 0 Å². The summed E-state index contributed by atoms with van der Waals surface area (Å²) in [5, 5.41) is 8.71. The number of ether oxygens (including phenoxy) is 1. The molecule has 0 aliphatic heterocycles. The highest BCUT2D eigenvalue weighted by molar-refractivity contribution is 9.10. The molecule has 0 saturated heterocycles. The third-order valence-corrected chi connectivity index (χ3v) is 2.53. The van der Waals surface area contributed by atoms with Crippen molar-refractivity contribution in [2.75, 3.05) is 6.61 Å². The van der Waals surface area contributed by atoms with Crippen molar-refractivity contribution in [3.8, 4) is 11.8 Å². The number of nitrogens with two attached hydrogens (primary N) is 1. The second kappa shape index (κ2) is 6.17. The maximum Gasteiger partial charge on any atom is 0.212 e. The minimum absolute atomic E-state index is 0.0569. The molecule has 18 heavy (non-hydrogen) atoms. The highest BCUT2D eigenvalue weighted by Crippen LogP contribution is 2.21. The number of halogens is 2. The van der Waals surface area contributed by atoms with Crippen LogP contribution in [0, 0.1) is 17.1 Å². The Labute approximate surface area is 112 Å². The summed E-state index contributed by atoms with van der Waals surface area (Å²) in [5.41, 5.74) is 5.31. The highest BCUT2D eigenvalue weighted by atomic mass is 79.9. The average Bonchev–Trinajstić information content (AvgIpc) is 2.28. The van der Waals surface area contributed by atoms with Gasteiger partial charge < -0.3 is 10.5 Å². The number of ketones is 1. The molecule has 0 amide bonds. The van der Waals surface area contributed by atoms with Gasteiger partial charge in [0.1, 0.15) is 11.6 Å².